The van der Waals surface area contributed by atoms with Crippen LogP contribution in [0.15, 0.2) is 12.7 Å². The van der Waals surface area contributed by atoms with Gasteiger partial charge in [-0.2, -0.15) is 0 Å². The first-order valence-electron chi connectivity index (χ1n) is 9.32. The lowest BCUT2D eigenvalue weighted by molar-refractivity contribution is 0.109. The van der Waals surface area contributed by atoms with Gasteiger partial charge in [0, 0.05) is 18.1 Å². The molecular formula is C19H36N2. The highest BCUT2D eigenvalue weighted by Gasteiger charge is 2.40. The van der Waals surface area contributed by atoms with Crippen molar-refractivity contribution in [3.05, 3.63) is 12.7 Å². The van der Waals surface area contributed by atoms with E-state index < -0.39 is 0 Å². The Morgan fingerprint density at radius 2 is 1.90 bits per heavy atom. The third-order valence-electron chi connectivity index (χ3n) is 5.78. The Balaban J connectivity index is 1.79. The first-order valence-corrected chi connectivity index (χ1v) is 9.32. The molecule has 2 saturated heterocycles. The molecule has 2 bridgehead atoms. The van der Waals surface area contributed by atoms with E-state index in [9.17, 15) is 0 Å². The zero-order chi connectivity index (χ0) is 15.1. The largest absolute Gasteiger partial charge is 0.314 e. The zero-order valence-corrected chi connectivity index (χ0v) is 14.3. The molecule has 21 heavy (non-hydrogen) atoms. The molecule has 0 aromatic rings. The summed E-state index contributed by atoms with van der Waals surface area (Å²) in [5.74, 6) is 0.921. The lowest BCUT2D eigenvalue weighted by Crippen LogP contribution is -2.47. The van der Waals surface area contributed by atoms with Crippen molar-refractivity contribution in [1.82, 2.24) is 10.2 Å². The van der Waals surface area contributed by atoms with E-state index in [2.05, 4.69) is 36.8 Å². The van der Waals surface area contributed by atoms with E-state index in [1.165, 1.54) is 70.8 Å². The van der Waals surface area contributed by atoms with Crippen LogP contribution in [0.2, 0.25) is 0 Å². The Morgan fingerprint density at radius 1 is 1.19 bits per heavy atom. The van der Waals surface area contributed by atoms with Gasteiger partial charge in [-0.05, 0) is 70.9 Å². The topological polar surface area (TPSA) is 15.3 Å². The average Bonchev–Trinajstić information content (AvgIpc) is 2.72. The summed E-state index contributed by atoms with van der Waals surface area (Å²) in [4.78, 5) is 2.66. The van der Waals surface area contributed by atoms with Gasteiger partial charge in [0.1, 0.15) is 0 Å². The fraction of sp³-hybridized carbons (Fsp3) is 0.895. The van der Waals surface area contributed by atoms with Crippen molar-refractivity contribution in [1.29, 1.82) is 0 Å². The number of hydrogen-bond donors (Lipinski definition) is 1. The summed E-state index contributed by atoms with van der Waals surface area (Å²) < 4.78 is 0. The quantitative estimate of drug-likeness (QED) is 0.475. The molecule has 2 fully saturated rings. The third-order valence-corrected chi connectivity index (χ3v) is 5.78. The first-order chi connectivity index (χ1) is 10.3. The molecule has 3 unspecified atom stereocenters. The minimum atomic E-state index is 0.769. The van der Waals surface area contributed by atoms with Crippen molar-refractivity contribution < 1.29 is 0 Å². The van der Waals surface area contributed by atoms with Crippen molar-refractivity contribution in [2.24, 2.45) is 5.92 Å². The molecule has 2 aliphatic heterocycles. The molecule has 0 amide bonds. The van der Waals surface area contributed by atoms with Crippen molar-refractivity contribution >= 4 is 0 Å². The Labute approximate surface area is 132 Å². The van der Waals surface area contributed by atoms with E-state index in [-0.39, 0.29) is 0 Å². The summed E-state index contributed by atoms with van der Waals surface area (Å²) in [5.41, 5.74) is 0. The second kappa shape index (κ2) is 8.95. The van der Waals surface area contributed by atoms with Gasteiger partial charge in [-0.15, -0.1) is 6.58 Å². The van der Waals surface area contributed by atoms with Gasteiger partial charge in [0.25, 0.3) is 0 Å². The van der Waals surface area contributed by atoms with Gasteiger partial charge < -0.3 is 10.2 Å². The minimum Gasteiger partial charge on any atom is -0.314 e. The smallest absolute Gasteiger partial charge is 0.00989 e. The molecule has 0 aromatic heterocycles. The summed E-state index contributed by atoms with van der Waals surface area (Å²) in [7, 11) is 2.35. The fourth-order valence-corrected chi connectivity index (χ4v) is 4.45. The van der Waals surface area contributed by atoms with Crippen LogP contribution in [-0.4, -0.2) is 36.6 Å². The van der Waals surface area contributed by atoms with E-state index in [0.29, 0.717) is 0 Å². The van der Waals surface area contributed by atoms with Crippen LogP contribution >= 0.6 is 0 Å². The molecule has 0 aromatic carbocycles. The third kappa shape index (κ3) is 4.82. The highest BCUT2D eigenvalue weighted by Crippen LogP contribution is 2.39. The van der Waals surface area contributed by atoms with Crippen LogP contribution in [0.3, 0.4) is 0 Å². The fourth-order valence-electron chi connectivity index (χ4n) is 4.45. The van der Waals surface area contributed by atoms with Gasteiger partial charge in [0.05, 0.1) is 0 Å². The Hall–Kier alpha value is -0.340. The second-order valence-corrected chi connectivity index (χ2v) is 7.27. The lowest BCUT2D eigenvalue weighted by atomic mass is 9.83. The van der Waals surface area contributed by atoms with Crippen molar-refractivity contribution in [2.45, 2.75) is 89.3 Å². The molecule has 2 rings (SSSR count). The molecule has 122 valence electrons. The molecule has 0 saturated carbocycles. The lowest BCUT2D eigenvalue weighted by Gasteiger charge is -2.40. The average molecular weight is 293 g/mol. The predicted octanol–water partition coefficient (Wildman–Crippen LogP) is 4.36. The van der Waals surface area contributed by atoms with Crippen LogP contribution in [0.5, 0.6) is 0 Å². The molecule has 2 heterocycles. The molecule has 3 atom stereocenters. The highest BCUT2D eigenvalue weighted by molar-refractivity contribution is 4.96. The van der Waals surface area contributed by atoms with E-state index >= 15 is 0 Å². The van der Waals surface area contributed by atoms with Gasteiger partial charge >= 0.3 is 0 Å². The highest BCUT2D eigenvalue weighted by atomic mass is 15.2. The van der Waals surface area contributed by atoms with Crippen LogP contribution in [-0.2, 0) is 0 Å². The van der Waals surface area contributed by atoms with Gasteiger partial charge in [-0.25, -0.2) is 0 Å². The number of hydrogen-bond acceptors (Lipinski definition) is 2. The molecule has 0 radical (unpaired) electrons. The summed E-state index contributed by atoms with van der Waals surface area (Å²) in [5, 5.41) is 3.88. The molecule has 2 heteroatoms. The van der Waals surface area contributed by atoms with Crippen LogP contribution in [0, 0.1) is 5.92 Å². The van der Waals surface area contributed by atoms with Gasteiger partial charge in [0.15, 0.2) is 0 Å². The molecule has 0 spiro atoms. The van der Waals surface area contributed by atoms with Crippen molar-refractivity contribution in [2.75, 3.05) is 13.6 Å². The zero-order valence-electron chi connectivity index (χ0n) is 14.3. The molecule has 2 nitrogen and oxygen atoms in total. The summed E-state index contributed by atoms with van der Waals surface area (Å²) in [6, 6.07) is 2.52. The molecular weight excluding hydrogens is 256 g/mol. The van der Waals surface area contributed by atoms with Crippen LogP contribution < -0.4 is 5.32 Å². The van der Waals surface area contributed by atoms with E-state index in [1.807, 2.05) is 0 Å². The normalized spacial score (nSPS) is 30.5. The Kier molecular flexibility index (Phi) is 7.25. The van der Waals surface area contributed by atoms with Crippen molar-refractivity contribution in [3.8, 4) is 0 Å². The Bertz CT molecular complexity index is 288. The maximum Gasteiger partial charge on any atom is 0.00989 e. The van der Waals surface area contributed by atoms with Crippen molar-refractivity contribution in [3.63, 3.8) is 0 Å². The van der Waals surface area contributed by atoms with E-state index in [0.717, 1.165) is 24.0 Å². The minimum absolute atomic E-state index is 0.769. The SMILES string of the molecule is C=CCCCCCC(NCCC)C1CC2CCC(C1)N2C. The van der Waals surface area contributed by atoms with Crippen LogP contribution in [0.1, 0.15) is 71.1 Å². The molecule has 2 aliphatic rings. The number of nitrogens with zero attached hydrogens (tertiary/aromatic N) is 1. The van der Waals surface area contributed by atoms with Gasteiger partial charge in [-0.1, -0.05) is 25.8 Å². The maximum atomic E-state index is 3.88. The second-order valence-electron chi connectivity index (χ2n) is 7.27. The van der Waals surface area contributed by atoms with Gasteiger partial charge in [-0.3, -0.25) is 0 Å². The number of piperidine rings is 1. The maximum absolute atomic E-state index is 3.88. The monoisotopic (exact) mass is 292 g/mol. The summed E-state index contributed by atoms with van der Waals surface area (Å²) in [6.07, 6.45) is 15.7. The number of nitrogens with one attached hydrogen (secondary N) is 1. The Morgan fingerprint density at radius 3 is 2.52 bits per heavy atom. The number of fused-ring (bicyclic) bond motifs is 2. The van der Waals surface area contributed by atoms with Crippen LogP contribution in [0.25, 0.3) is 0 Å². The number of allylic oxidation sites excluding steroid dienone is 1. The van der Waals surface area contributed by atoms with E-state index in [1.54, 1.807) is 0 Å². The summed E-state index contributed by atoms with van der Waals surface area (Å²) >= 11 is 0. The van der Waals surface area contributed by atoms with Crippen LogP contribution in [0.4, 0.5) is 0 Å². The standard InChI is InChI=1S/C19H36N2/c1-4-6-7-8-9-10-19(20-13-5-2)16-14-17-11-12-18(15-16)21(17)3/h4,16-20H,1,5-15H2,2-3H3. The van der Waals surface area contributed by atoms with E-state index in [4.69, 9.17) is 0 Å². The summed E-state index contributed by atoms with van der Waals surface area (Å²) in [6.45, 7) is 7.30. The molecule has 0 aliphatic carbocycles. The first kappa shape index (κ1) is 17.0. The number of rotatable bonds is 10. The number of unbranched alkanes of at least 4 members (excludes halogenated alkanes) is 3. The predicted molar refractivity (Wildman–Crippen MR) is 92.7 cm³/mol. The molecule has 1 N–H and O–H groups in total. The van der Waals surface area contributed by atoms with Gasteiger partial charge in [0.2, 0.25) is 0 Å².